The molecule has 0 saturated carbocycles. The fraction of sp³-hybridized carbons (Fsp3) is 0.528. The highest BCUT2D eigenvalue weighted by Crippen LogP contribution is 2.38. The number of rotatable bonds is 18. The number of hydrogen-bond acceptors (Lipinski definition) is 5. The minimum absolute atomic E-state index is 0.0225. The SMILES string of the molecule is CCOC(=O)/C(C)=C/CC(O)C[C@@H](CC/C=C\CCC[C@@H](C)O[Si](c1ccccc1)(c1ccccc1)C(C)(C)C)OC. The van der Waals surface area contributed by atoms with Crippen molar-refractivity contribution in [3.63, 3.8) is 0 Å². The zero-order valence-electron chi connectivity index (χ0n) is 27.0. The van der Waals surface area contributed by atoms with Crippen LogP contribution in [0.3, 0.4) is 0 Å². The molecule has 0 amide bonds. The van der Waals surface area contributed by atoms with E-state index in [0.29, 0.717) is 25.0 Å². The highest BCUT2D eigenvalue weighted by Gasteiger charge is 2.50. The van der Waals surface area contributed by atoms with Crippen molar-refractivity contribution in [2.45, 2.75) is 110 Å². The normalized spacial score (nSPS) is 15.0. The third kappa shape index (κ3) is 11.0. The van der Waals surface area contributed by atoms with E-state index in [4.69, 9.17) is 13.9 Å². The van der Waals surface area contributed by atoms with Crippen molar-refractivity contribution in [1.29, 1.82) is 0 Å². The Labute approximate surface area is 256 Å². The molecule has 2 aromatic rings. The third-order valence-corrected chi connectivity index (χ3v) is 12.9. The molecule has 0 bridgehead atoms. The highest BCUT2D eigenvalue weighted by molar-refractivity contribution is 6.99. The number of aliphatic hydroxyl groups is 1. The Balaban J connectivity index is 1.86. The number of unbranched alkanes of at least 4 members (excludes halogenated alkanes) is 1. The van der Waals surface area contributed by atoms with Gasteiger partial charge in [0.15, 0.2) is 0 Å². The molecule has 2 aromatic carbocycles. The topological polar surface area (TPSA) is 65.0 Å². The molecular weight excluding hydrogens is 540 g/mol. The molecule has 0 aliphatic heterocycles. The number of hydrogen-bond donors (Lipinski definition) is 1. The van der Waals surface area contributed by atoms with E-state index < -0.39 is 14.4 Å². The van der Waals surface area contributed by atoms with Crippen LogP contribution >= 0.6 is 0 Å². The fourth-order valence-corrected chi connectivity index (χ4v) is 10.2. The largest absolute Gasteiger partial charge is 0.463 e. The molecule has 2 rings (SSSR count). The number of methoxy groups -OCH3 is 1. The molecule has 42 heavy (non-hydrogen) atoms. The van der Waals surface area contributed by atoms with E-state index in [0.717, 1.165) is 32.1 Å². The van der Waals surface area contributed by atoms with Crippen LogP contribution in [0.1, 0.15) is 86.5 Å². The van der Waals surface area contributed by atoms with Gasteiger partial charge in [-0.2, -0.15) is 0 Å². The van der Waals surface area contributed by atoms with Gasteiger partial charge in [-0.1, -0.05) is 99.7 Å². The predicted molar refractivity (Wildman–Crippen MR) is 177 cm³/mol. The quantitative estimate of drug-likeness (QED) is 0.0654. The minimum Gasteiger partial charge on any atom is -0.463 e. The standard InChI is InChI=1S/C36H54O5Si/c1-8-40-35(38)29(2)26-27-31(37)28-32(39-7)21-15-11-9-10-14-20-30(3)41-42(36(4,5)6,33-22-16-12-17-23-33)34-24-18-13-19-25-34/h9,11-13,16-19,22-26,30-32,37H,8,10,14-15,20-21,27-28H2,1-7H3/b11-9-,29-26+/t30-,31?,32-/m1/s1. The second-order valence-electron chi connectivity index (χ2n) is 12.2. The Morgan fingerprint density at radius 1 is 0.952 bits per heavy atom. The number of ether oxygens (including phenoxy) is 2. The Bertz CT molecular complexity index is 1050. The average molecular weight is 595 g/mol. The number of aliphatic hydroxyl groups excluding tert-OH is 1. The maximum absolute atomic E-state index is 11.7. The first-order valence-electron chi connectivity index (χ1n) is 15.5. The van der Waals surface area contributed by atoms with E-state index in [2.05, 4.69) is 101 Å². The van der Waals surface area contributed by atoms with Gasteiger partial charge in [0, 0.05) is 18.8 Å². The van der Waals surface area contributed by atoms with E-state index in [-0.39, 0.29) is 23.2 Å². The second kappa shape index (κ2) is 18.2. The summed E-state index contributed by atoms with van der Waals surface area (Å²) < 4.78 is 17.8. The lowest BCUT2D eigenvalue weighted by Crippen LogP contribution is -2.67. The van der Waals surface area contributed by atoms with Crippen LogP contribution in [0.2, 0.25) is 5.04 Å². The van der Waals surface area contributed by atoms with Crippen LogP contribution in [0.25, 0.3) is 0 Å². The summed E-state index contributed by atoms with van der Waals surface area (Å²) in [6.07, 6.45) is 11.5. The van der Waals surface area contributed by atoms with E-state index >= 15 is 0 Å². The van der Waals surface area contributed by atoms with Crippen molar-refractivity contribution < 1.29 is 23.8 Å². The van der Waals surface area contributed by atoms with Crippen molar-refractivity contribution in [2.75, 3.05) is 13.7 Å². The maximum atomic E-state index is 11.7. The Hall–Kier alpha value is -2.51. The van der Waals surface area contributed by atoms with Crippen LogP contribution in [-0.2, 0) is 18.7 Å². The molecule has 0 saturated heterocycles. The molecule has 0 aliphatic rings. The Morgan fingerprint density at radius 2 is 1.52 bits per heavy atom. The Morgan fingerprint density at radius 3 is 2.05 bits per heavy atom. The molecule has 5 nitrogen and oxygen atoms in total. The minimum atomic E-state index is -2.52. The van der Waals surface area contributed by atoms with Crippen LogP contribution < -0.4 is 10.4 Å². The van der Waals surface area contributed by atoms with Crippen LogP contribution in [0.15, 0.2) is 84.5 Å². The van der Waals surface area contributed by atoms with Gasteiger partial charge in [-0.05, 0) is 81.1 Å². The summed E-state index contributed by atoms with van der Waals surface area (Å²) in [4.78, 5) is 11.7. The van der Waals surface area contributed by atoms with Gasteiger partial charge in [-0.25, -0.2) is 4.79 Å². The van der Waals surface area contributed by atoms with Crippen molar-refractivity contribution in [3.05, 3.63) is 84.5 Å². The smallest absolute Gasteiger partial charge is 0.333 e. The molecule has 0 heterocycles. The number of benzene rings is 2. The van der Waals surface area contributed by atoms with E-state index in [1.54, 1.807) is 27.0 Å². The monoisotopic (exact) mass is 594 g/mol. The number of carbonyl (C=O) groups excluding carboxylic acids is 1. The number of carbonyl (C=O) groups is 1. The average Bonchev–Trinajstić information content (AvgIpc) is 2.97. The second-order valence-corrected chi connectivity index (χ2v) is 16.4. The van der Waals surface area contributed by atoms with Crippen LogP contribution in [-0.4, -0.2) is 51.4 Å². The molecule has 0 aliphatic carbocycles. The lowest BCUT2D eigenvalue weighted by atomic mass is 10.0. The summed E-state index contributed by atoms with van der Waals surface area (Å²) in [5, 5.41) is 13.0. The zero-order chi connectivity index (χ0) is 31.0. The highest BCUT2D eigenvalue weighted by atomic mass is 28.4. The molecule has 1 unspecified atom stereocenters. The van der Waals surface area contributed by atoms with Gasteiger partial charge < -0.3 is 19.0 Å². The van der Waals surface area contributed by atoms with Crippen LogP contribution in [0, 0.1) is 0 Å². The number of allylic oxidation sites excluding steroid dienone is 2. The van der Waals surface area contributed by atoms with Gasteiger partial charge in [0.25, 0.3) is 8.32 Å². The molecule has 0 radical (unpaired) electrons. The lowest BCUT2D eigenvalue weighted by Gasteiger charge is -2.44. The molecule has 232 valence electrons. The fourth-order valence-electron chi connectivity index (χ4n) is 5.47. The van der Waals surface area contributed by atoms with Crippen LogP contribution in [0.4, 0.5) is 0 Å². The molecule has 1 N–H and O–H groups in total. The van der Waals surface area contributed by atoms with Crippen LogP contribution in [0.5, 0.6) is 0 Å². The molecular formula is C36H54O5Si. The van der Waals surface area contributed by atoms with Crippen molar-refractivity contribution >= 4 is 24.7 Å². The summed E-state index contributed by atoms with van der Waals surface area (Å²) in [6, 6.07) is 21.6. The summed E-state index contributed by atoms with van der Waals surface area (Å²) in [7, 11) is -0.836. The zero-order valence-corrected chi connectivity index (χ0v) is 28.0. The summed E-state index contributed by atoms with van der Waals surface area (Å²) in [6.45, 7) is 13.0. The summed E-state index contributed by atoms with van der Waals surface area (Å²) in [5.74, 6) is -0.331. The molecule has 6 heteroatoms. The van der Waals surface area contributed by atoms with Gasteiger partial charge >= 0.3 is 5.97 Å². The van der Waals surface area contributed by atoms with Gasteiger partial charge in [0.1, 0.15) is 0 Å². The molecule has 0 aromatic heterocycles. The van der Waals surface area contributed by atoms with Crippen molar-refractivity contribution in [2.24, 2.45) is 0 Å². The Kier molecular flexibility index (Phi) is 15.5. The van der Waals surface area contributed by atoms with E-state index in [1.165, 1.54) is 10.4 Å². The van der Waals surface area contributed by atoms with Gasteiger partial charge in [0.05, 0.1) is 18.8 Å². The van der Waals surface area contributed by atoms with E-state index in [1.807, 2.05) is 0 Å². The lowest BCUT2D eigenvalue weighted by molar-refractivity contribution is -0.138. The summed E-state index contributed by atoms with van der Waals surface area (Å²) >= 11 is 0. The first-order valence-corrected chi connectivity index (χ1v) is 17.4. The maximum Gasteiger partial charge on any atom is 0.333 e. The first-order chi connectivity index (χ1) is 20.0. The van der Waals surface area contributed by atoms with E-state index in [9.17, 15) is 9.90 Å². The molecule has 0 spiro atoms. The van der Waals surface area contributed by atoms with Crippen molar-refractivity contribution in [1.82, 2.24) is 0 Å². The third-order valence-electron chi connectivity index (χ3n) is 7.76. The predicted octanol–water partition coefficient (Wildman–Crippen LogP) is 7.12. The van der Waals surface area contributed by atoms with Gasteiger partial charge in [-0.15, -0.1) is 0 Å². The van der Waals surface area contributed by atoms with Gasteiger partial charge in [0.2, 0.25) is 0 Å². The summed E-state index contributed by atoms with van der Waals surface area (Å²) in [5.41, 5.74) is 0.527. The molecule has 3 atom stereocenters. The molecule has 0 fully saturated rings. The first kappa shape index (κ1) is 35.7. The van der Waals surface area contributed by atoms with Gasteiger partial charge in [-0.3, -0.25) is 0 Å². The number of esters is 1. The van der Waals surface area contributed by atoms with Crippen molar-refractivity contribution in [3.8, 4) is 0 Å².